The van der Waals surface area contributed by atoms with Gasteiger partial charge in [0.05, 0.1) is 0 Å². The number of fused-ring (bicyclic) bond motifs is 3. The van der Waals surface area contributed by atoms with Crippen molar-refractivity contribution >= 4 is 5.84 Å². The number of amidine groups is 1. The minimum atomic E-state index is 0.647. The zero-order valence-electron chi connectivity index (χ0n) is 8.13. The third-order valence-corrected chi connectivity index (χ3v) is 3.24. The van der Waals surface area contributed by atoms with Gasteiger partial charge in [-0.05, 0) is 25.0 Å². The Balaban J connectivity index is 1.94. The standard InChI is InChI=1S/C12H14N2/c1-2-6-11-10(5-1)9-13-12-7-3-4-8-14(11)12/h1-4,7-8,10-11H,5-6,9H2. The third-order valence-electron chi connectivity index (χ3n) is 3.24. The summed E-state index contributed by atoms with van der Waals surface area (Å²) < 4.78 is 0. The summed E-state index contributed by atoms with van der Waals surface area (Å²) in [5.41, 5.74) is 0. The lowest BCUT2D eigenvalue weighted by Crippen LogP contribution is -2.46. The highest BCUT2D eigenvalue weighted by atomic mass is 15.2. The van der Waals surface area contributed by atoms with E-state index < -0.39 is 0 Å². The minimum absolute atomic E-state index is 0.647. The van der Waals surface area contributed by atoms with E-state index in [-0.39, 0.29) is 0 Å². The molecule has 0 N–H and O–H groups in total. The highest BCUT2D eigenvalue weighted by Crippen LogP contribution is 2.29. The van der Waals surface area contributed by atoms with Crippen molar-refractivity contribution in [3.8, 4) is 0 Å². The molecule has 3 rings (SSSR count). The first-order valence-corrected chi connectivity index (χ1v) is 5.28. The third kappa shape index (κ3) is 1.14. The van der Waals surface area contributed by atoms with Crippen LogP contribution in [0.5, 0.6) is 0 Å². The normalized spacial score (nSPS) is 33.7. The highest BCUT2D eigenvalue weighted by Gasteiger charge is 2.31. The average Bonchev–Trinajstić information content (AvgIpc) is 2.29. The van der Waals surface area contributed by atoms with Crippen molar-refractivity contribution in [1.82, 2.24) is 4.90 Å². The van der Waals surface area contributed by atoms with Crippen LogP contribution in [0.4, 0.5) is 0 Å². The average molecular weight is 186 g/mol. The van der Waals surface area contributed by atoms with Gasteiger partial charge in [0.15, 0.2) is 0 Å². The smallest absolute Gasteiger partial charge is 0.127 e. The summed E-state index contributed by atoms with van der Waals surface area (Å²) in [4.78, 5) is 6.94. The van der Waals surface area contributed by atoms with Crippen molar-refractivity contribution in [2.45, 2.75) is 18.9 Å². The topological polar surface area (TPSA) is 15.6 Å². The lowest BCUT2D eigenvalue weighted by atomic mass is 9.86. The minimum Gasteiger partial charge on any atom is -0.330 e. The van der Waals surface area contributed by atoms with Gasteiger partial charge in [-0.3, -0.25) is 4.99 Å². The summed E-state index contributed by atoms with van der Waals surface area (Å²) in [6.07, 6.45) is 15.4. The molecule has 2 unspecified atom stereocenters. The van der Waals surface area contributed by atoms with Crippen LogP contribution >= 0.6 is 0 Å². The quantitative estimate of drug-likeness (QED) is 0.529. The molecular weight excluding hydrogens is 172 g/mol. The molecule has 2 heteroatoms. The molecule has 2 aliphatic heterocycles. The zero-order chi connectivity index (χ0) is 9.38. The summed E-state index contributed by atoms with van der Waals surface area (Å²) >= 11 is 0. The highest BCUT2D eigenvalue weighted by molar-refractivity contribution is 5.95. The molecule has 2 nitrogen and oxygen atoms in total. The fourth-order valence-corrected chi connectivity index (χ4v) is 2.47. The van der Waals surface area contributed by atoms with Crippen molar-refractivity contribution < 1.29 is 0 Å². The van der Waals surface area contributed by atoms with E-state index in [4.69, 9.17) is 0 Å². The van der Waals surface area contributed by atoms with E-state index in [9.17, 15) is 0 Å². The predicted molar refractivity (Wildman–Crippen MR) is 58.1 cm³/mol. The van der Waals surface area contributed by atoms with Crippen molar-refractivity contribution in [3.63, 3.8) is 0 Å². The Morgan fingerprint density at radius 3 is 3.14 bits per heavy atom. The molecule has 0 aromatic carbocycles. The van der Waals surface area contributed by atoms with Crippen LogP contribution in [-0.4, -0.2) is 23.3 Å². The fourth-order valence-electron chi connectivity index (χ4n) is 2.47. The molecule has 0 bridgehead atoms. The predicted octanol–water partition coefficient (Wildman–Crippen LogP) is 2.12. The second kappa shape index (κ2) is 3.12. The Kier molecular flexibility index (Phi) is 1.79. The number of rotatable bonds is 0. The first kappa shape index (κ1) is 8.04. The Hall–Kier alpha value is -1.31. The molecule has 0 fully saturated rings. The van der Waals surface area contributed by atoms with Gasteiger partial charge in [0.25, 0.3) is 0 Å². The van der Waals surface area contributed by atoms with Crippen molar-refractivity contribution in [1.29, 1.82) is 0 Å². The van der Waals surface area contributed by atoms with Crippen LogP contribution < -0.4 is 0 Å². The van der Waals surface area contributed by atoms with Crippen LogP contribution in [-0.2, 0) is 0 Å². The lowest BCUT2D eigenvalue weighted by molar-refractivity contribution is 0.258. The van der Waals surface area contributed by atoms with Gasteiger partial charge in [0, 0.05) is 24.7 Å². The van der Waals surface area contributed by atoms with Gasteiger partial charge in [0.2, 0.25) is 0 Å². The molecule has 2 atom stereocenters. The van der Waals surface area contributed by atoms with Gasteiger partial charge in [-0.15, -0.1) is 0 Å². The van der Waals surface area contributed by atoms with Gasteiger partial charge in [-0.1, -0.05) is 18.2 Å². The first-order valence-electron chi connectivity index (χ1n) is 5.28. The second-order valence-corrected chi connectivity index (χ2v) is 4.08. The largest absolute Gasteiger partial charge is 0.330 e. The monoisotopic (exact) mass is 186 g/mol. The van der Waals surface area contributed by atoms with Crippen molar-refractivity contribution in [2.24, 2.45) is 10.9 Å². The molecular formula is C12H14N2. The van der Waals surface area contributed by atoms with Crippen LogP contribution in [0.2, 0.25) is 0 Å². The number of aliphatic imine (C=N–C) groups is 1. The molecule has 0 saturated heterocycles. The molecule has 0 spiro atoms. The number of allylic oxidation sites excluding steroid dienone is 3. The number of hydrogen-bond donors (Lipinski definition) is 0. The molecule has 1 aliphatic carbocycles. The molecule has 0 radical (unpaired) electrons. The molecule has 14 heavy (non-hydrogen) atoms. The zero-order valence-corrected chi connectivity index (χ0v) is 8.13. The molecule has 0 amide bonds. The molecule has 3 aliphatic rings. The molecule has 0 aromatic heterocycles. The molecule has 72 valence electrons. The Bertz CT molecular complexity index is 349. The maximum Gasteiger partial charge on any atom is 0.127 e. The van der Waals surface area contributed by atoms with Gasteiger partial charge in [-0.25, -0.2) is 0 Å². The van der Waals surface area contributed by atoms with E-state index in [1.165, 1.54) is 12.8 Å². The van der Waals surface area contributed by atoms with E-state index in [0.29, 0.717) is 6.04 Å². The van der Waals surface area contributed by atoms with Crippen LogP contribution in [0, 0.1) is 5.92 Å². The maximum absolute atomic E-state index is 4.61. The van der Waals surface area contributed by atoms with E-state index in [2.05, 4.69) is 46.5 Å². The summed E-state index contributed by atoms with van der Waals surface area (Å²) in [5, 5.41) is 0. The summed E-state index contributed by atoms with van der Waals surface area (Å²) in [6, 6.07) is 0.647. The van der Waals surface area contributed by atoms with E-state index in [1.807, 2.05) is 0 Å². The van der Waals surface area contributed by atoms with Crippen LogP contribution in [0.3, 0.4) is 0 Å². The fraction of sp³-hybridized carbons (Fsp3) is 0.417. The molecule has 2 heterocycles. The van der Waals surface area contributed by atoms with Gasteiger partial charge in [0.1, 0.15) is 5.84 Å². The van der Waals surface area contributed by atoms with Crippen LogP contribution in [0.25, 0.3) is 0 Å². The molecule has 0 saturated carbocycles. The SMILES string of the molecule is C1=CC2=NCC3CC=CCC3N2C=C1. The van der Waals surface area contributed by atoms with Gasteiger partial charge in [-0.2, -0.15) is 0 Å². The Morgan fingerprint density at radius 1 is 1.21 bits per heavy atom. The number of hydrogen-bond acceptors (Lipinski definition) is 2. The Labute approximate surface area is 84.3 Å². The van der Waals surface area contributed by atoms with Gasteiger partial charge < -0.3 is 4.90 Å². The lowest BCUT2D eigenvalue weighted by Gasteiger charge is -2.41. The first-order chi connectivity index (χ1) is 6.95. The van der Waals surface area contributed by atoms with Crippen LogP contribution in [0.15, 0.2) is 41.6 Å². The van der Waals surface area contributed by atoms with Crippen molar-refractivity contribution in [3.05, 3.63) is 36.6 Å². The summed E-state index contributed by atoms with van der Waals surface area (Å²) in [6.45, 7) is 0.999. The molecule has 0 aromatic rings. The maximum atomic E-state index is 4.61. The number of nitrogens with zero attached hydrogens (tertiary/aromatic N) is 2. The Morgan fingerprint density at radius 2 is 2.14 bits per heavy atom. The summed E-state index contributed by atoms with van der Waals surface area (Å²) in [7, 11) is 0. The van der Waals surface area contributed by atoms with E-state index >= 15 is 0 Å². The summed E-state index contributed by atoms with van der Waals surface area (Å²) in [5.74, 6) is 1.86. The van der Waals surface area contributed by atoms with E-state index in [0.717, 1.165) is 18.3 Å². The van der Waals surface area contributed by atoms with E-state index in [1.54, 1.807) is 0 Å². The van der Waals surface area contributed by atoms with Gasteiger partial charge >= 0.3 is 0 Å². The van der Waals surface area contributed by atoms with Crippen molar-refractivity contribution in [2.75, 3.05) is 6.54 Å². The van der Waals surface area contributed by atoms with Crippen LogP contribution in [0.1, 0.15) is 12.8 Å². The second-order valence-electron chi connectivity index (χ2n) is 4.08.